The van der Waals surface area contributed by atoms with Crippen molar-refractivity contribution >= 4 is 5.82 Å². The summed E-state index contributed by atoms with van der Waals surface area (Å²) in [7, 11) is 1.77. The van der Waals surface area contributed by atoms with Gasteiger partial charge in [-0.15, -0.1) is 0 Å². The van der Waals surface area contributed by atoms with Crippen LogP contribution in [0.1, 0.15) is 25.3 Å². The van der Waals surface area contributed by atoms with Crippen molar-refractivity contribution in [3.8, 4) is 0 Å². The average molecular weight is 249 g/mol. The summed E-state index contributed by atoms with van der Waals surface area (Å²) in [5.41, 5.74) is 7.16. The summed E-state index contributed by atoms with van der Waals surface area (Å²) in [5.74, 6) is 1.04. The zero-order valence-corrected chi connectivity index (χ0v) is 11.3. The van der Waals surface area contributed by atoms with Crippen LogP contribution in [-0.4, -0.2) is 37.3 Å². The van der Waals surface area contributed by atoms with Crippen LogP contribution in [0.2, 0.25) is 0 Å². The van der Waals surface area contributed by atoms with Crippen LogP contribution in [0.5, 0.6) is 0 Å². The Morgan fingerprint density at radius 1 is 1.56 bits per heavy atom. The van der Waals surface area contributed by atoms with Crippen LogP contribution in [0.15, 0.2) is 18.3 Å². The van der Waals surface area contributed by atoms with E-state index in [1.807, 2.05) is 6.20 Å². The molecule has 1 saturated heterocycles. The first kappa shape index (κ1) is 13.3. The molecule has 1 aromatic heterocycles. The topological polar surface area (TPSA) is 51.4 Å². The van der Waals surface area contributed by atoms with Gasteiger partial charge in [0.15, 0.2) is 0 Å². The summed E-state index contributed by atoms with van der Waals surface area (Å²) in [4.78, 5) is 6.81. The summed E-state index contributed by atoms with van der Waals surface area (Å²) in [6.07, 6.45) is 5.29. The Balaban J connectivity index is 1.95. The second-order valence-electron chi connectivity index (χ2n) is 4.99. The second kappa shape index (κ2) is 6.16. The van der Waals surface area contributed by atoms with Gasteiger partial charge < -0.3 is 15.4 Å². The average Bonchev–Trinajstić information content (AvgIpc) is 2.88. The first-order valence-corrected chi connectivity index (χ1v) is 6.71. The van der Waals surface area contributed by atoms with Crippen molar-refractivity contribution in [1.29, 1.82) is 0 Å². The van der Waals surface area contributed by atoms with Gasteiger partial charge in [-0.05, 0) is 30.9 Å². The van der Waals surface area contributed by atoms with E-state index in [0.717, 1.165) is 38.2 Å². The maximum absolute atomic E-state index is 5.95. The fraction of sp³-hybridized carbons (Fsp3) is 0.643. The molecule has 2 atom stereocenters. The Kier molecular flexibility index (Phi) is 4.55. The first-order chi connectivity index (χ1) is 8.72. The molecule has 2 rings (SSSR count). The highest BCUT2D eigenvalue weighted by molar-refractivity contribution is 5.40. The molecule has 18 heavy (non-hydrogen) atoms. The third kappa shape index (κ3) is 3.21. The van der Waals surface area contributed by atoms with Gasteiger partial charge in [0.05, 0.1) is 6.10 Å². The van der Waals surface area contributed by atoms with Gasteiger partial charge in [0.2, 0.25) is 0 Å². The molecule has 2 N–H and O–H groups in total. The molecule has 0 spiro atoms. The van der Waals surface area contributed by atoms with Crippen molar-refractivity contribution in [3.05, 3.63) is 23.9 Å². The number of hydrogen-bond donors (Lipinski definition) is 1. The van der Waals surface area contributed by atoms with Crippen LogP contribution in [0, 0.1) is 0 Å². The molecule has 0 saturated carbocycles. The van der Waals surface area contributed by atoms with E-state index in [4.69, 9.17) is 10.5 Å². The normalized spacial score (nSPS) is 21.3. The number of ether oxygens (including phenoxy) is 1. The number of methoxy groups -OCH3 is 1. The molecule has 0 bridgehead atoms. The van der Waals surface area contributed by atoms with E-state index < -0.39 is 0 Å². The Morgan fingerprint density at radius 2 is 2.39 bits per heavy atom. The monoisotopic (exact) mass is 249 g/mol. The Hall–Kier alpha value is -1.13. The highest BCUT2D eigenvalue weighted by Crippen LogP contribution is 2.19. The lowest BCUT2D eigenvalue weighted by Gasteiger charge is -2.17. The summed E-state index contributed by atoms with van der Waals surface area (Å²) < 4.78 is 5.37. The molecule has 1 aromatic rings. The van der Waals surface area contributed by atoms with Gasteiger partial charge in [-0.25, -0.2) is 4.98 Å². The molecule has 1 fully saturated rings. The van der Waals surface area contributed by atoms with Crippen molar-refractivity contribution < 1.29 is 4.74 Å². The number of nitrogens with zero attached hydrogens (tertiary/aromatic N) is 2. The van der Waals surface area contributed by atoms with E-state index in [2.05, 4.69) is 28.9 Å². The van der Waals surface area contributed by atoms with Gasteiger partial charge in [-0.3, -0.25) is 0 Å². The lowest BCUT2D eigenvalue weighted by Crippen LogP contribution is -2.23. The highest BCUT2D eigenvalue weighted by Gasteiger charge is 2.22. The quantitative estimate of drug-likeness (QED) is 0.861. The minimum Gasteiger partial charge on any atom is -0.380 e. The largest absolute Gasteiger partial charge is 0.380 e. The minimum absolute atomic E-state index is 0.238. The third-order valence-electron chi connectivity index (χ3n) is 3.63. The Labute approximate surface area is 109 Å². The summed E-state index contributed by atoms with van der Waals surface area (Å²) in [5, 5.41) is 0. The number of rotatable bonds is 5. The van der Waals surface area contributed by atoms with Crippen LogP contribution in [0.25, 0.3) is 0 Å². The highest BCUT2D eigenvalue weighted by atomic mass is 16.5. The molecule has 4 nitrogen and oxygen atoms in total. The van der Waals surface area contributed by atoms with Crippen molar-refractivity contribution in [2.45, 2.75) is 38.3 Å². The van der Waals surface area contributed by atoms with Gasteiger partial charge in [0.25, 0.3) is 0 Å². The zero-order chi connectivity index (χ0) is 13.0. The predicted molar refractivity (Wildman–Crippen MR) is 73.8 cm³/mol. The number of aromatic nitrogens is 1. The second-order valence-corrected chi connectivity index (χ2v) is 4.99. The van der Waals surface area contributed by atoms with Crippen LogP contribution >= 0.6 is 0 Å². The fourth-order valence-corrected chi connectivity index (χ4v) is 2.30. The molecule has 0 aromatic carbocycles. The standard InChI is InChI=1S/C14H23N3O/c1-3-12(15)8-11-4-5-14(16-9-11)17-7-6-13(10-17)18-2/h4-5,9,12-13H,3,6-8,10,15H2,1-2H3. The van der Waals surface area contributed by atoms with E-state index >= 15 is 0 Å². The fourth-order valence-electron chi connectivity index (χ4n) is 2.30. The first-order valence-electron chi connectivity index (χ1n) is 6.71. The Bertz CT molecular complexity index is 366. The molecule has 0 amide bonds. The molecule has 2 unspecified atom stereocenters. The Morgan fingerprint density at radius 3 is 2.94 bits per heavy atom. The molecule has 0 aliphatic carbocycles. The van der Waals surface area contributed by atoms with Crippen LogP contribution in [-0.2, 0) is 11.2 Å². The van der Waals surface area contributed by atoms with Gasteiger partial charge in [-0.1, -0.05) is 13.0 Å². The molecule has 0 radical (unpaired) electrons. The van der Waals surface area contributed by atoms with Gasteiger partial charge >= 0.3 is 0 Å². The molecular weight excluding hydrogens is 226 g/mol. The lowest BCUT2D eigenvalue weighted by atomic mass is 10.1. The number of anilines is 1. The number of nitrogens with two attached hydrogens (primary N) is 1. The third-order valence-corrected chi connectivity index (χ3v) is 3.63. The van der Waals surface area contributed by atoms with Crippen molar-refractivity contribution in [3.63, 3.8) is 0 Å². The van der Waals surface area contributed by atoms with Crippen LogP contribution in [0.3, 0.4) is 0 Å². The van der Waals surface area contributed by atoms with Crippen LogP contribution < -0.4 is 10.6 Å². The lowest BCUT2D eigenvalue weighted by molar-refractivity contribution is 0.121. The predicted octanol–water partition coefficient (Wildman–Crippen LogP) is 1.59. The zero-order valence-electron chi connectivity index (χ0n) is 11.3. The maximum Gasteiger partial charge on any atom is 0.128 e. The summed E-state index contributed by atoms with van der Waals surface area (Å²) in [6, 6.07) is 4.47. The minimum atomic E-state index is 0.238. The summed E-state index contributed by atoms with van der Waals surface area (Å²) >= 11 is 0. The molecular formula is C14H23N3O. The van der Waals surface area contributed by atoms with Gasteiger partial charge in [-0.2, -0.15) is 0 Å². The maximum atomic E-state index is 5.95. The van der Waals surface area contributed by atoms with Crippen molar-refractivity contribution in [2.24, 2.45) is 5.73 Å². The number of hydrogen-bond acceptors (Lipinski definition) is 4. The molecule has 100 valence electrons. The van der Waals surface area contributed by atoms with E-state index in [1.54, 1.807) is 7.11 Å². The van der Waals surface area contributed by atoms with E-state index in [0.29, 0.717) is 6.10 Å². The molecule has 1 aliphatic heterocycles. The van der Waals surface area contributed by atoms with Crippen molar-refractivity contribution in [2.75, 3.05) is 25.1 Å². The number of pyridine rings is 1. The molecule has 4 heteroatoms. The van der Waals surface area contributed by atoms with E-state index in [9.17, 15) is 0 Å². The van der Waals surface area contributed by atoms with Crippen LogP contribution in [0.4, 0.5) is 5.82 Å². The van der Waals surface area contributed by atoms with Gasteiger partial charge in [0, 0.05) is 32.4 Å². The van der Waals surface area contributed by atoms with Crippen molar-refractivity contribution in [1.82, 2.24) is 4.98 Å². The molecule has 1 aliphatic rings. The van der Waals surface area contributed by atoms with E-state index in [-0.39, 0.29) is 6.04 Å². The SMILES string of the molecule is CCC(N)Cc1ccc(N2CCC(OC)C2)nc1. The summed E-state index contributed by atoms with van der Waals surface area (Å²) in [6.45, 7) is 4.08. The molecule has 2 heterocycles. The van der Waals surface area contributed by atoms with Gasteiger partial charge in [0.1, 0.15) is 5.82 Å². The van der Waals surface area contributed by atoms with E-state index in [1.165, 1.54) is 5.56 Å². The smallest absolute Gasteiger partial charge is 0.128 e.